The topological polar surface area (TPSA) is 88.2 Å². The molecule has 5 rings (SSSR count). The van der Waals surface area contributed by atoms with E-state index in [1.807, 2.05) is 51.1 Å². The number of furan rings is 1. The number of aryl methyl sites for hydroxylation is 1. The number of rotatable bonds is 6. The maximum atomic E-state index is 13.3. The molecule has 1 saturated heterocycles. The van der Waals surface area contributed by atoms with E-state index in [0.717, 1.165) is 48.8 Å². The number of hydrogen-bond donors (Lipinski definition) is 2. The Morgan fingerprint density at radius 3 is 2.56 bits per heavy atom. The van der Waals surface area contributed by atoms with Crippen molar-refractivity contribution in [3.8, 4) is 0 Å². The van der Waals surface area contributed by atoms with Crippen molar-refractivity contribution < 1.29 is 4.42 Å². The molecule has 34 heavy (non-hydrogen) atoms. The first-order valence-electron chi connectivity index (χ1n) is 11.8. The molecule has 176 valence electrons. The van der Waals surface area contributed by atoms with Crippen LogP contribution in [0.25, 0.3) is 11.0 Å². The minimum Gasteiger partial charge on any atom is -0.466 e. The van der Waals surface area contributed by atoms with E-state index in [4.69, 9.17) is 9.40 Å². The molecular weight excluding hydrogens is 428 g/mol. The average molecular weight is 459 g/mol. The zero-order chi connectivity index (χ0) is 23.7. The molecule has 1 aliphatic rings. The van der Waals surface area contributed by atoms with Crippen LogP contribution in [0.5, 0.6) is 0 Å². The quantitative estimate of drug-likeness (QED) is 0.451. The molecule has 2 N–H and O–H groups in total. The van der Waals surface area contributed by atoms with E-state index in [9.17, 15) is 4.79 Å². The van der Waals surface area contributed by atoms with E-state index in [1.54, 1.807) is 10.8 Å². The number of anilines is 3. The van der Waals surface area contributed by atoms with Gasteiger partial charge in [-0.25, -0.2) is 4.98 Å². The van der Waals surface area contributed by atoms with Crippen LogP contribution >= 0.6 is 0 Å². The zero-order valence-corrected chi connectivity index (χ0v) is 19.8. The molecule has 0 aliphatic carbocycles. The lowest BCUT2D eigenvalue weighted by molar-refractivity contribution is 0.491. The Hall–Kier alpha value is -3.65. The van der Waals surface area contributed by atoms with Gasteiger partial charge in [0.2, 0.25) is 5.95 Å². The van der Waals surface area contributed by atoms with Gasteiger partial charge in [-0.05, 0) is 63.2 Å². The molecule has 1 aliphatic heterocycles. The van der Waals surface area contributed by atoms with Gasteiger partial charge in [0.25, 0.3) is 5.56 Å². The lowest BCUT2D eigenvalue weighted by Gasteiger charge is -2.29. The van der Waals surface area contributed by atoms with E-state index in [2.05, 4.69) is 32.7 Å². The Balaban J connectivity index is 1.43. The van der Waals surface area contributed by atoms with E-state index in [1.165, 1.54) is 5.69 Å². The summed E-state index contributed by atoms with van der Waals surface area (Å²) in [6, 6.07) is 14.0. The second-order valence-electron chi connectivity index (χ2n) is 9.01. The maximum Gasteiger partial charge on any atom is 0.256 e. The van der Waals surface area contributed by atoms with Gasteiger partial charge in [0.05, 0.1) is 0 Å². The van der Waals surface area contributed by atoms with Crippen molar-refractivity contribution in [3.63, 3.8) is 0 Å². The Bertz CT molecular complexity index is 1350. The minimum absolute atomic E-state index is 0.0469. The number of pyridine rings is 1. The normalized spacial score (nSPS) is 14.2. The molecule has 8 nitrogen and oxygen atoms in total. The van der Waals surface area contributed by atoms with Gasteiger partial charge in [0.15, 0.2) is 0 Å². The summed E-state index contributed by atoms with van der Waals surface area (Å²) >= 11 is 0. The summed E-state index contributed by atoms with van der Waals surface area (Å²) in [5.41, 5.74) is 3.35. The van der Waals surface area contributed by atoms with Crippen molar-refractivity contribution in [3.05, 3.63) is 76.1 Å². The van der Waals surface area contributed by atoms with Crippen LogP contribution < -0.4 is 21.1 Å². The molecule has 0 radical (unpaired) electrons. The van der Waals surface area contributed by atoms with Crippen LogP contribution in [0.3, 0.4) is 0 Å². The largest absolute Gasteiger partial charge is 0.466 e. The summed E-state index contributed by atoms with van der Waals surface area (Å²) in [7, 11) is 0. The molecule has 0 atom stereocenters. The van der Waals surface area contributed by atoms with Gasteiger partial charge in [-0.3, -0.25) is 9.36 Å². The highest BCUT2D eigenvalue weighted by Gasteiger charge is 2.16. The van der Waals surface area contributed by atoms with Crippen molar-refractivity contribution >= 4 is 28.4 Å². The molecule has 3 aromatic heterocycles. The number of benzene rings is 1. The Kier molecular flexibility index (Phi) is 6.06. The van der Waals surface area contributed by atoms with Gasteiger partial charge in [-0.2, -0.15) is 4.98 Å². The van der Waals surface area contributed by atoms with Crippen molar-refractivity contribution in [2.24, 2.45) is 0 Å². The van der Waals surface area contributed by atoms with Crippen molar-refractivity contribution in [1.29, 1.82) is 0 Å². The lowest BCUT2D eigenvalue weighted by atomic mass is 10.1. The Labute approximate surface area is 198 Å². The van der Waals surface area contributed by atoms with Crippen LogP contribution in [0.2, 0.25) is 0 Å². The third-order valence-corrected chi connectivity index (χ3v) is 6.13. The highest BCUT2D eigenvalue weighted by molar-refractivity contribution is 5.77. The van der Waals surface area contributed by atoms with Crippen LogP contribution in [0.1, 0.15) is 37.0 Å². The predicted molar refractivity (Wildman–Crippen MR) is 135 cm³/mol. The van der Waals surface area contributed by atoms with Gasteiger partial charge in [0, 0.05) is 67.2 Å². The number of fused-ring (bicyclic) bond motifs is 1. The summed E-state index contributed by atoms with van der Waals surface area (Å²) < 4.78 is 7.43. The number of nitrogens with zero attached hydrogens (tertiary/aromatic N) is 4. The summed E-state index contributed by atoms with van der Waals surface area (Å²) in [5.74, 6) is 2.07. The average Bonchev–Trinajstić information content (AvgIpc) is 3.25. The van der Waals surface area contributed by atoms with Gasteiger partial charge in [-0.1, -0.05) is 0 Å². The zero-order valence-electron chi connectivity index (χ0n) is 19.8. The fourth-order valence-corrected chi connectivity index (χ4v) is 4.42. The highest BCUT2D eigenvalue weighted by Crippen LogP contribution is 2.23. The van der Waals surface area contributed by atoms with Gasteiger partial charge >= 0.3 is 0 Å². The van der Waals surface area contributed by atoms with Crippen LogP contribution in [0, 0.1) is 6.92 Å². The lowest BCUT2D eigenvalue weighted by Crippen LogP contribution is -2.43. The smallest absolute Gasteiger partial charge is 0.256 e. The van der Waals surface area contributed by atoms with Gasteiger partial charge < -0.3 is 20.0 Å². The predicted octanol–water partition coefficient (Wildman–Crippen LogP) is 4.02. The SMILES string of the molecule is Cc1ccc(Cc2cc3cnc(Nc4ccc(N5CCNCC5)cc4)nc3n(C(C)C)c2=O)o1. The third-order valence-electron chi connectivity index (χ3n) is 6.13. The fourth-order valence-electron chi connectivity index (χ4n) is 4.42. The monoisotopic (exact) mass is 458 g/mol. The molecule has 0 saturated carbocycles. The van der Waals surface area contributed by atoms with E-state index < -0.39 is 0 Å². The highest BCUT2D eigenvalue weighted by atomic mass is 16.3. The first-order chi connectivity index (χ1) is 16.5. The Morgan fingerprint density at radius 2 is 1.88 bits per heavy atom. The molecule has 0 spiro atoms. The van der Waals surface area contributed by atoms with E-state index >= 15 is 0 Å². The van der Waals surface area contributed by atoms with Crippen molar-refractivity contribution in [2.45, 2.75) is 33.2 Å². The molecule has 8 heteroatoms. The number of piperazine rings is 1. The summed E-state index contributed by atoms with van der Waals surface area (Å²) in [4.78, 5) is 24.9. The number of nitrogens with one attached hydrogen (secondary N) is 2. The standard InChI is InChI=1S/C26H30N6O2/c1-17(2)32-24-20(14-19(25(32)33)15-23-9-4-18(3)34-23)16-28-26(30-24)29-21-5-7-22(8-6-21)31-12-10-27-11-13-31/h4-9,14,16-17,27H,10-13,15H2,1-3H3,(H,28,29,30). The molecule has 4 heterocycles. The Morgan fingerprint density at radius 1 is 1.12 bits per heavy atom. The van der Waals surface area contributed by atoms with Gasteiger partial charge in [0.1, 0.15) is 17.2 Å². The molecule has 0 bridgehead atoms. The third kappa shape index (κ3) is 4.54. The molecule has 1 aromatic carbocycles. The van der Waals surface area contributed by atoms with E-state index in [-0.39, 0.29) is 11.6 Å². The van der Waals surface area contributed by atoms with E-state index in [0.29, 0.717) is 23.6 Å². The first kappa shape index (κ1) is 22.2. The fraction of sp³-hybridized carbons (Fsp3) is 0.346. The second-order valence-corrected chi connectivity index (χ2v) is 9.01. The van der Waals surface area contributed by atoms with Crippen molar-refractivity contribution in [1.82, 2.24) is 19.9 Å². The maximum absolute atomic E-state index is 13.3. The number of hydrogen-bond acceptors (Lipinski definition) is 7. The molecule has 0 unspecified atom stereocenters. The molecule has 1 fully saturated rings. The van der Waals surface area contributed by atoms with Gasteiger partial charge in [-0.15, -0.1) is 0 Å². The van der Waals surface area contributed by atoms with Crippen LogP contribution in [0.4, 0.5) is 17.3 Å². The first-order valence-corrected chi connectivity index (χ1v) is 11.8. The summed E-state index contributed by atoms with van der Waals surface area (Å²) in [5, 5.41) is 7.49. The van der Waals surface area contributed by atoms with Crippen LogP contribution in [0.15, 0.2) is 57.9 Å². The van der Waals surface area contributed by atoms with Crippen molar-refractivity contribution in [2.75, 3.05) is 36.4 Å². The summed E-state index contributed by atoms with van der Waals surface area (Å²) in [6.45, 7) is 9.91. The minimum atomic E-state index is -0.0541. The molecule has 0 amide bonds. The van der Waals surface area contributed by atoms with Crippen LogP contribution in [-0.2, 0) is 6.42 Å². The second kappa shape index (κ2) is 9.30. The summed E-state index contributed by atoms with van der Waals surface area (Å²) in [6.07, 6.45) is 2.21. The van der Waals surface area contributed by atoms with Crippen LogP contribution in [-0.4, -0.2) is 40.7 Å². The number of aromatic nitrogens is 3. The molecule has 4 aromatic rings. The molecular formula is C26H30N6O2.